The third kappa shape index (κ3) is 2.29. The van der Waals surface area contributed by atoms with E-state index < -0.39 is 0 Å². The van der Waals surface area contributed by atoms with Gasteiger partial charge in [0.15, 0.2) is 0 Å². The Hall–Kier alpha value is -0.680. The summed E-state index contributed by atoms with van der Waals surface area (Å²) in [7, 11) is 0. The molecule has 78 valence electrons. The number of hydrogen-bond acceptors (Lipinski definition) is 1. The van der Waals surface area contributed by atoms with Crippen molar-refractivity contribution in [3.63, 3.8) is 0 Å². The third-order valence-electron chi connectivity index (χ3n) is 1.98. The molecule has 1 aromatic carbocycles. The summed E-state index contributed by atoms with van der Waals surface area (Å²) in [5, 5.41) is 4.75. The maximum atomic E-state index is 13.0. The Bertz CT molecular complexity index is 482. The topological polar surface area (TPSA) is 17.8 Å². The van der Waals surface area contributed by atoms with Crippen molar-refractivity contribution in [2.45, 2.75) is 5.33 Å². The van der Waals surface area contributed by atoms with Gasteiger partial charge in [-0.2, -0.15) is 5.10 Å². The quantitative estimate of drug-likeness (QED) is 0.767. The Morgan fingerprint density at radius 1 is 1.40 bits per heavy atom. The monoisotopic (exact) mass is 332 g/mol. The molecule has 0 atom stereocenters. The van der Waals surface area contributed by atoms with Gasteiger partial charge in [0.2, 0.25) is 0 Å². The highest BCUT2D eigenvalue weighted by Crippen LogP contribution is 2.20. The van der Waals surface area contributed by atoms with Gasteiger partial charge in [-0.05, 0) is 39.7 Å². The Labute approximate surface area is 103 Å². The standard InChI is InChI=1S/C10H7Br2FN2/c11-4-7-3-9(13)1-2-10(7)15-6-8(12)5-14-15/h1-3,5-6H,4H2. The summed E-state index contributed by atoms with van der Waals surface area (Å²) in [5.74, 6) is -0.237. The highest BCUT2D eigenvalue weighted by molar-refractivity contribution is 9.10. The molecule has 0 aliphatic heterocycles. The van der Waals surface area contributed by atoms with E-state index in [2.05, 4.69) is 37.0 Å². The lowest BCUT2D eigenvalue weighted by Gasteiger charge is -2.06. The maximum absolute atomic E-state index is 13.0. The Kier molecular flexibility index (Phi) is 3.21. The van der Waals surface area contributed by atoms with Crippen molar-refractivity contribution in [3.05, 3.63) is 46.4 Å². The van der Waals surface area contributed by atoms with Crippen LogP contribution in [0.4, 0.5) is 4.39 Å². The van der Waals surface area contributed by atoms with E-state index in [4.69, 9.17) is 0 Å². The summed E-state index contributed by atoms with van der Waals surface area (Å²) >= 11 is 6.65. The second-order valence-electron chi connectivity index (χ2n) is 3.01. The van der Waals surface area contributed by atoms with Gasteiger partial charge in [0, 0.05) is 11.5 Å². The van der Waals surface area contributed by atoms with Crippen molar-refractivity contribution in [2.24, 2.45) is 0 Å². The second-order valence-corrected chi connectivity index (χ2v) is 4.49. The lowest BCUT2D eigenvalue weighted by molar-refractivity contribution is 0.625. The number of nitrogens with zero attached hydrogens (tertiary/aromatic N) is 2. The van der Waals surface area contributed by atoms with E-state index >= 15 is 0 Å². The van der Waals surface area contributed by atoms with Crippen LogP contribution in [0.2, 0.25) is 0 Å². The van der Waals surface area contributed by atoms with E-state index in [1.807, 2.05) is 6.20 Å². The molecule has 2 nitrogen and oxygen atoms in total. The summed E-state index contributed by atoms with van der Waals surface area (Å²) in [5.41, 5.74) is 1.74. The van der Waals surface area contributed by atoms with Crippen molar-refractivity contribution in [1.82, 2.24) is 9.78 Å². The molecule has 2 rings (SSSR count). The molecule has 0 saturated carbocycles. The van der Waals surface area contributed by atoms with E-state index in [0.717, 1.165) is 15.7 Å². The second kappa shape index (κ2) is 4.45. The average Bonchev–Trinajstić information content (AvgIpc) is 2.64. The summed E-state index contributed by atoms with van der Waals surface area (Å²) in [6.45, 7) is 0. The largest absolute Gasteiger partial charge is 0.240 e. The molecule has 0 radical (unpaired) electrons. The van der Waals surface area contributed by atoms with Crippen LogP contribution in [0, 0.1) is 5.82 Å². The van der Waals surface area contributed by atoms with Crippen LogP contribution in [0.5, 0.6) is 0 Å². The van der Waals surface area contributed by atoms with Crippen LogP contribution in [0.15, 0.2) is 35.1 Å². The van der Waals surface area contributed by atoms with E-state index in [-0.39, 0.29) is 5.82 Å². The van der Waals surface area contributed by atoms with Crippen molar-refractivity contribution >= 4 is 31.9 Å². The molecule has 0 fully saturated rings. The number of rotatable bonds is 2. The zero-order chi connectivity index (χ0) is 10.8. The molecule has 0 saturated heterocycles. The Morgan fingerprint density at radius 2 is 2.20 bits per heavy atom. The molecule has 5 heteroatoms. The van der Waals surface area contributed by atoms with Crippen LogP contribution in [-0.2, 0) is 5.33 Å². The minimum Gasteiger partial charge on any atom is -0.240 e. The lowest BCUT2D eigenvalue weighted by Crippen LogP contribution is -1.99. The van der Waals surface area contributed by atoms with Crippen LogP contribution in [0.1, 0.15) is 5.56 Å². The van der Waals surface area contributed by atoms with E-state index in [9.17, 15) is 4.39 Å². The zero-order valence-corrected chi connectivity index (χ0v) is 10.8. The van der Waals surface area contributed by atoms with Gasteiger partial charge in [0.25, 0.3) is 0 Å². The minimum absolute atomic E-state index is 0.237. The molecule has 0 amide bonds. The van der Waals surface area contributed by atoms with Gasteiger partial charge < -0.3 is 0 Å². The van der Waals surface area contributed by atoms with Gasteiger partial charge in [-0.1, -0.05) is 15.9 Å². The molecule has 1 heterocycles. The van der Waals surface area contributed by atoms with E-state index in [1.54, 1.807) is 16.9 Å². The van der Waals surface area contributed by atoms with Crippen molar-refractivity contribution < 1.29 is 4.39 Å². The van der Waals surface area contributed by atoms with Gasteiger partial charge in [-0.15, -0.1) is 0 Å². The lowest BCUT2D eigenvalue weighted by atomic mass is 10.2. The molecular weight excluding hydrogens is 327 g/mol. The first-order chi connectivity index (χ1) is 7.20. The average molecular weight is 334 g/mol. The molecule has 0 aliphatic carbocycles. The van der Waals surface area contributed by atoms with Gasteiger partial charge in [-0.25, -0.2) is 9.07 Å². The number of benzene rings is 1. The van der Waals surface area contributed by atoms with Crippen LogP contribution < -0.4 is 0 Å². The van der Waals surface area contributed by atoms with Gasteiger partial charge in [0.05, 0.1) is 16.4 Å². The molecule has 1 aromatic heterocycles. The van der Waals surface area contributed by atoms with Gasteiger partial charge in [0.1, 0.15) is 5.82 Å². The van der Waals surface area contributed by atoms with Crippen LogP contribution >= 0.6 is 31.9 Å². The highest BCUT2D eigenvalue weighted by Gasteiger charge is 2.06. The first kappa shape index (κ1) is 10.8. The van der Waals surface area contributed by atoms with Crippen molar-refractivity contribution in [2.75, 3.05) is 0 Å². The molecular formula is C10H7Br2FN2. The van der Waals surface area contributed by atoms with Crippen LogP contribution in [0.3, 0.4) is 0 Å². The molecule has 0 aliphatic rings. The van der Waals surface area contributed by atoms with Crippen LogP contribution in [0.25, 0.3) is 5.69 Å². The molecule has 2 aromatic rings. The summed E-state index contributed by atoms with van der Waals surface area (Å²) in [6.07, 6.45) is 3.53. The van der Waals surface area contributed by atoms with Crippen molar-refractivity contribution in [3.8, 4) is 5.69 Å². The highest BCUT2D eigenvalue weighted by atomic mass is 79.9. The van der Waals surface area contributed by atoms with Gasteiger partial charge in [-0.3, -0.25) is 0 Å². The summed E-state index contributed by atoms with van der Waals surface area (Å²) in [6, 6.07) is 4.64. The number of aromatic nitrogens is 2. The number of alkyl halides is 1. The Balaban J connectivity index is 2.52. The fraction of sp³-hybridized carbons (Fsp3) is 0.100. The fourth-order valence-electron chi connectivity index (χ4n) is 1.32. The number of hydrogen-bond donors (Lipinski definition) is 0. The predicted molar refractivity (Wildman–Crippen MR) is 63.9 cm³/mol. The molecule has 15 heavy (non-hydrogen) atoms. The van der Waals surface area contributed by atoms with E-state index in [0.29, 0.717) is 5.33 Å². The third-order valence-corrected chi connectivity index (χ3v) is 3.00. The van der Waals surface area contributed by atoms with Crippen molar-refractivity contribution in [1.29, 1.82) is 0 Å². The minimum atomic E-state index is -0.237. The molecule has 0 N–H and O–H groups in total. The van der Waals surface area contributed by atoms with Crippen LogP contribution in [-0.4, -0.2) is 9.78 Å². The van der Waals surface area contributed by atoms with E-state index in [1.165, 1.54) is 12.1 Å². The first-order valence-electron chi connectivity index (χ1n) is 4.25. The van der Waals surface area contributed by atoms with Gasteiger partial charge >= 0.3 is 0 Å². The molecule has 0 unspecified atom stereocenters. The predicted octanol–water partition coefficient (Wildman–Crippen LogP) is 3.67. The fourth-order valence-corrected chi connectivity index (χ4v) is 2.05. The maximum Gasteiger partial charge on any atom is 0.123 e. The zero-order valence-electron chi connectivity index (χ0n) is 7.62. The first-order valence-corrected chi connectivity index (χ1v) is 6.17. The summed E-state index contributed by atoms with van der Waals surface area (Å²) < 4.78 is 15.6. The smallest absolute Gasteiger partial charge is 0.123 e. The normalized spacial score (nSPS) is 10.6. The Morgan fingerprint density at radius 3 is 2.80 bits per heavy atom. The SMILES string of the molecule is Fc1ccc(-n2cc(Br)cn2)c(CBr)c1. The summed E-state index contributed by atoms with van der Waals surface area (Å²) in [4.78, 5) is 0. The molecule has 0 bridgehead atoms. The molecule has 0 spiro atoms. The number of halogens is 3.